The van der Waals surface area contributed by atoms with Crippen molar-refractivity contribution in [2.75, 3.05) is 34.2 Å². The van der Waals surface area contributed by atoms with Crippen molar-refractivity contribution >= 4 is 11.8 Å². The molecule has 1 aromatic carbocycles. The molecule has 0 unspecified atom stereocenters. The summed E-state index contributed by atoms with van der Waals surface area (Å²) in [5, 5.41) is 0. The standard InChI is InChI=1S/C14H23N2O2/c1-6-15(7-2)14(17)18-13-10-8-9-12(11-13)16(3,4)5/h8-11H,6-7H2,1-5H3/q+1. The summed E-state index contributed by atoms with van der Waals surface area (Å²) in [6.07, 6.45) is -0.293. The number of nitrogens with zero attached hydrogens (tertiary/aromatic N) is 2. The zero-order chi connectivity index (χ0) is 13.8. The largest absolute Gasteiger partial charge is 0.415 e. The molecule has 1 rings (SSSR count). The summed E-state index contributed by atoms with van der Waals surface area (Å²) < 4.78 is 6.06. The summed E-state index contributed by atoms with van der Waals surface area (Å²) in [5.74, 6) is 0.595. The third kappa shape index (κ3) is 3.74. The van der Waals surface area contributed by atoms with Gasteiger partial charge in [-0.2, -0.15) is 0 Å². The van der Waals surface area contributed by atoms with Gasteiger partial charge in [0.25, 0.3) is 0 Å². The van der Waals surface area contributed by atoms with Gasteiger partial charge in [0.15, 0.2) is 0 Å². The van der Waals surface area contributed by atoms with Crippen LogP contribution in [0.25, 0.3) is 0 Å². The molecule has 18 heavy (non-hydrogen) atoms. The van der Waals surface area contributed by atoms with Crippen molar-refractivity contribution < 1.29 is 9.53 Å². The number of hydrogen-bond acceptors (Lipinski definition) is 2. The van der Waals surface area contributed by atoms with Crippen molar-refractivity contribution in [1.82, 2.24) is 9.38 Å². The topological polar surface area (TPSA) is 29.5 Å². The number of hydrogen-bond donors (Lipinski definition) is 0. The smallest absolute Gasteiger partial charge is 0.410 e. The van der Waals surface area contributed by atoms with Gasteiger partial charge in [0.2, 0.25) is 0 Å². The van der Waals surface area contributed by atoms with Gasteiger partial charge in [-0.3, -0.25) is 4.48 Å². The second kappa shape index (κ2) is 5.87. The third-order valence-electron chi connectivity index (χ3n) is 2.82. The zero-order valence-corrected chi connectivity index (χ0v) is 11.9. The molecule has 100 valence electrons. The summed E-state index contributed by atoms with van der Waals surface area (Å²) in [6, 6.07) is 7.64. The highest BCUT2D eigenvalue weighted by Gasteiger charge is 2.16. The van der Waals surface area contributed by atoms with Crippen molar-refractivity contribution in [3.8, 4) is 5.75 Å². The molecule has 1 amide bonds. The quantitative estimate of drug-likeness (QED) is 0.770. The fourth-order valence-electron chi connectivity index (χ4n) is 1.61. The lowest BCUT2D eigenvalue weighted by Crippen LogP contribution is -2.35. The van der Waals surface area contributed by atoms with Gasteiger partial charge in [-0.15, -0.1) is 0 Å². The average Bonchev–Trinajstić information content (AvgIpc) is 2.29. The second-order valence-corrected chi connectivity index (χ2v) is 5.05. The molecule has 0 spiro atoms. The fourth-order valence-corrected chi connectivity index (χ4v) is 1.61. The van der Waals surface area contributed by atoms with E-state index in [0.717, 1.165) is 5.69 Å². The van der Waals surface area contributed by atoms with Crippen molar-refractivity contribution in [1.29, 1.82) is 0 Å². The Labute approximate surface area is 109 Å². The Kier molecular flexibility index (Phi) is 4.73. The zero-order valence-electron chi connectivity index (χ0n) is 11.9. The molecule has 0 aliphatic heterocycles. The van der Waals surface area contributed by atoms with Crippen LogP contribution >= 0.6 is 0 Å². The molecule has 0 saturated carbocycles. The molecule has 0 atom stereocenters. The lowest BCUT2D eigenvalue weighted by atomic mass is 10.2. The van der Waals surface area contributed by atoms with E-state index in [1.165, 1.54) is 0 Å². The van der Waals surface area contributed by atoms with E-state index >= 15 is 0 Å². The first kappa shape index (κ1) is 14.5. The van der Waals surface area contributed by atoms with E-state index in [9.17, 15) is 4.79 Å². The Morgan fingerprint density at radius 2 is 1.83 bits per heavy atom. The number of carbonyl (C=O) groups excluding carboxylic acids is 1. The van der Waals surface area contributed by atoms with Crippen LogP contribution in [-0.2, 0) is 0 Å². The second-order valence-electron chi connectivity index (χ2n) is 5.05. The number of ether oxygens (including phenoxy) is 1. The van der Waals surface area contributed by atoms with Crippen LogP contribution in [0.15, 0.2) is 24.3 Å². The van der Waals surface area contributed by atoms with Crippen LogP contribution < -0.4 is 9.22 Å². The predicted octanol–water partition coefficient (Wildman–Crippen LogP) is 2.72. The van der Waals surface area contributed by atoms with Crippen molar-refractivity contribution in [3.63, 3.8) is 0 Å². The fraction of sp³-hybridized carbons (Fsp3) is 0.500. The molecule has 0 saturated heterocycles. The Balaban J connectivity index is 2.83. The van der Waals surface area contributed by atoms with Crippen molar-refractivity contribution in [2.45, 2.75) is 13.8 Å². The van der Waals surface area contributed by atoms with E-state index in [4.69, 9.17) is 4.74 Å². The van der Waals surface area contributed by atoms with E-state index < -0.39 is 0 Å². The molecule has 0 radical (unpaired) electrons. The van der Waals surface area contributed by atoms with Crippen LogP contribution in [0.2, 0.25) is 0 Å². The number of amides is 1. The maximum absolute atomic E-state index is 11.8. The van der Waals surface area contributed by atoms with Crippen LogP contribution in [0.3, 0.4) is 0 Å². The summed E-state index contributed by atoms with van der Waals surface area (Å²) in [7, 11) is 6.22. The number of carbonyl (C=O) groups is 1. The Morgan fingerprint density at radius 1 is 1.22 bits per heavy atom. The summed E-state index contributed by atoms with van der Waals surface area (Å²) in [6.45, 7) is 5.19. The molecule has 0 aliphatic rings. The van der Waals surface area contributed by atoms with Crippen molar-refractivity contribution in [2.24, 2.45) is 0 Å². The van der Waals surface area contributed by atoms with E-state index in [1.807, 2.05) is 32.0 Å². The minimum atomic E-state index is -0.293. The number of benzene rings is 1. The van der Waals surface area contributed by atoms with Gasteiger partial charge in [-0.25, -0.2) is 4.79 Å². The highest BCUT2D eigenvalue weighted by atomic mass is 16.6. The molecule has 0 heterocycles. The summed E-state index contributed by atoms with van der Waals surface area (Å²) in [4.78, 5) is 13.5. The molecular weight excluding hydrogens is 228 g/mol. The van der Waals surface area contributed by atoms with Crippen LogP contribution in [0.1, 0.15) is 13.8 Å². The van der Waals surface area contributed by atoms with E-state index in [2.05, 4.69) is 21.1 Å². The summed E-state index contributed by atoms with van der Waals surface area (Å²) >= 11 is 0. The van der Waals surface area contributed by atoms with Gasteiger partial charge in [-0.1, -0.05) is 6.07 Å². The maximum Gasteiger partial charge on any atom is 0.415 e. The highest BCUT2D eigenvalue weighted by Crippen LogP contribution is 2.23. The first-order valence-electron chi connectivity index (χ1n) is 6.27. The van der Waals surface area contributed by atoms with Crippen LogP contribution in [-0.4, -0.2) is 45.2 Å². The van der Waals surface area contributed by atoms with Crippen LogP contribution in [0.5, 0.6) is 5.75 Å². The maximum atomic E-state index is 11.8. The van der Waals surface area contributed by atoms with Gasteiger partial charge >= 0.3 is 6.09 Å². The molecular formula is C14H23N2O2+. The molecule has 0 aliphatic carbocycles. The monoisotopic (exact) mass is 251 g/mol. The molecule has 4 nitrogen and oxygen atoms in total. The Hall–Kier alpha value is -1.55. The minimum Gasteiger partial charge on any atom is -0.410 e. The third-order valence-corrected chi connectivity index (χ3v) is 2.82. The van der Waals surface area contributed by atoms with E-state index in [0.29, 0.717) is 23.3 Å². The van der Waals surface area contributed by atoms with Gasteiger partial charge in [0, 0.05) is 19.2 Å². The normalized spacial score (nSPS) is 11.2. The molecule has 1 aromatic rings. The molecule has 0 bridgehead atoms. The van der Waals surface area contributed by atoms with Crippen molar-refractivity contribution in [3.05, 3.63) is 24.3 Å². The van der Waals surface area contributed by atoms with Gasteiger partial charge in [-0.05, 0) is 26.0 Å². The molecule has 0 fully saturated rings. The molecule has 0 aromatic heterocycles. The number of quaternary nitrogens is 1. The van der Waals surface area contributed by atoms with Crippen LogP contribution in [0.4, 0.5) is 10.5 Å². The van der Waals surface area contributed by atoms with Gasteiger partial charge < -0.3 is 9.64 Å². The first-order chi connectivity index (χ1) is 8.38. The van der Waals surface area contributed by atoms with Gasteiger partial charge in [0.1, 0.15) is 11.4 Å². The summed E-state index contributed by atoms with van der Waals surface area (Å²) in [5.41, 5.74) is 1.10. The van der Waals surface area contributed by atoms with E-state index in [-0.39, 0.29) is 6.09 Å². The Bertz CT molecular complexity index is 407. The lowest BCUT2D eigenvalue weighted by Gasteiger charge is -2.24. The minimum absolute atomic E-state index is 0.293. The molecule has 4 heteroatoms. The van der Waals surface area contributed by atoms with E-state index in [1.54, 1.807) is 11.0 Å². The average molecular weight is 251 g/mol. The first-order valence-corrected chi connectivity index (χ1v) is 6.27. The SMILES string of the molecule is CCN(CC)C(=O)Oc1cccc([N+](C)(C)C)c1. The number of rotatable bonds is 4. The molecule has 0 N–H and O–H groups in total. The highest BCUT2D eigenvalue weighted by molar-refractivity contribution is 5.71. The Morgan fingerprint density at radius 3 is 2.33 bits per heavy atom. The lowest BCUT2D eigenvalue weighted by molar-refractivity contribution is 0.157. The predicted molar refractivity (Wildman–Crippen MR) is 75.0 cm³/mol. The van der Waals surface area contributed by atoms with Crippen LogP contribution in [0, 0.1) is 0 Å². The van der Waals surface area contributed by atoms with Gasteiger partial charge in [0.05, 0.1) is 21.1 Å².